The minimum Gasteiger partial charge on any atom is -0.465 e. The van der Waals surface area contributed by atoms with Gasteiger partial charge in [0, 0.05) is 19.1 Å². The number of ether oxygens (including phenoxy) is 1. The molecule has 0 aromatic carbocycles. The molecule has 1 rings (SSSR count). The SMILES string of the molecule is CCC[NH+]1CCC(N=CC(C#N)C(=O)OCC)CC1. The predicted molar refractivity (Wildman–Crippen MR) is 73.1 cm³/mol. The molecule has 0 bridgehead atoms. The number of quaternary nitrogens is 1. The van der Waals surface area contributed by atoms with E-state index < -0.39 is 11.9 Å². The Bertz CT molecular complexity index is 341. The van der Waals surface area contributed by atoms with Crippen LogP contribution in [0.1, 0.15) is 33.1 Å². The molecular formula is C14H24N3O2+. The van der Waals surface area contributed by atoms with Crippen molar-refractivity contribution in [1.82, 2.24) is 0 Å². The third-order valence-corrected chi connectivity index (χ3v) is 3.39. The molecule has 0 saturated carbocycles. The number of carbonyl (C=O) groups is 1. The van der Waals surface area contributed by atoms with E-state index in [1.807, 2.05) is 6.07 Å². The van der Waals surface area contributed by atoms with E-state index in [1.165, 1.54) is 19.2 Å². The van der Waals surface area contributed by atoms with Crippen molar-refractivity contribution in [2.24, 2.45) is 10.9 Å². The van der Waals surface area contributed by atoms with Crippen molar-refractivity contribution in [1.29, 1.82) is 5.26 Å². The van der Waals surface area contributed by atoms with Crippen molar-refractivity contribution < 1.29 is 14.4 Å². The van der Waals surface area contributed by atoms with Gasteiger partial charge in [-0.1, -0.05) is 6.92 Å². The summed E-state index contributed by atoms with van der Waals surface area (Å²) in [6, 6.07) is 2.18. The third kappa shape index (κ3) is 5.39. The number of aliphatic imine (C=N–C) groups is 1. The fraction of sp³-hybridized carbons (Fsp3) is 0.786. The summed E-state index contributed by atoms with van der Waals surface area (Å²) in [5.74, 6) is -1.36. The van der Waals surface area contributed by atoms with Gasteiger partial charge in [-0.2, -0.15) is 5.26 Å². The van der Waals surface area contributed by atoms with Crippen molar-refractivity contribution in [3.8, 4) is 6.07 Å². The molecule has 1 atom stereocenters. The Balaban J connectivity index is 2.40. The second-order valence-electron chi connectivity index (χ2n) is 4.89. The van der Waals surface area contributed by atoms with Gasteiger partial charge in [0.15, 0.2) is 5.92 Å². The van der Waals surface area contributed by atoms with E-state index >= 15 is 0 Å². The zero-order valence-corrected chi connectivity index (χ0v) is 11.9. The second-order valence-corrected chi connectivity index (χ2v) is 4.89. The first-order chi connectivity index (χ1) is 9.21. The lowest BCUT2D eigenvalue weighted by Crippen LogP contribution is -3.13. The summed E-state index contributed by atoms with van der Waals surface area (Å²) >= 11 is 0. The molecule has 0 aromatic heterocycles. The molecule has 0 aromatic rings. The standard InChI is InChI=1S/C14H23N3O2/c1-3-7-17-8-5-13(6-9-17)16-11-12(10-15)14(18)19-4-2/h11-13H,3-9H2,1-2H3/p+1. The monoisotopic (exact) mass is 266 g/mol. The molecule has 1 fully saturated rings. The van der Waals surface area contributed by atoms with Crippen LogP contribution in [0.3, 0.4) is 0 Å². The van der Waals surface area contributed by atoms with Crippen molar-refractivity contribution in [2.75, 3.05) is 26.2 Å². The Hall–Kier alpha value is -1.41. The van der Waals surface area contributed by atoms with Gasteiger partial charge in [-0.25, -0.2) is 0 Å². The van der Waals surface area contributed by atoms with Gasteiger partial charge in [-0.3, -0.25) is 9.79 Å². The van der Waals surface area contributed by atoms with E-state index in [0.29, 0.717) is 6.61 Å². The summed E-state index contributed by atoms with van der Waals surface area (Å²) in [5, 5.41) is 8.92. The fourth-order valence-corrected chi connectivity index (χ4v) is 2.35. The molecule has 0 amide bonds. The molecule has 19 heavy (non-hydrogen) atoms. The Kier molecular flexibility index (Phi) is 7.12. The lowest BCUT2D eigenvalue weighted by molar-refractivity contribution is -0.905. The Morgan fingerprint density at radius 1 is 1.53 bits per heavy atom. The van der Waals surface area contributed by atoms with Crippen LogP contribution in [-0.4, -0.2) is 44.5 Å². The molecule has 1 unspecified atom stereocenters. The summed E-state index contributed by atoms with van der Waals surface area (Å²) < 4.78 is 4.83. The number of rotatable bonds is 6. The molecule has 5 nitrogen and oxygen atoms in total. The largest absolute Gasteiger partial charge is 0.465 e. The van der Waals surface area contributed by atoms with Crippen LogP contribution in [0.4, 0.5) is 0 Å². The minimum atomic E-state index is -0.860. The number of likely N-dealkylation sites (tertiary alicyclic amines) is 1. The Labute approximate surface area is 115 Å². The minimum absolute atomic E-state index is 0.255. The molecular weight excluding hydrogens is 242 g/mol. The van der Waals surface area contributed by atoms with Crippen LogP contribution in [0.5, 0.6) is 0 Å². The highest BCUT2D eigenvalue weighted by Crippen LogP contribution is 2.06. The van der Waals surface area contributed by atoms with Crippen molar-refractivity contribution >= 4 is 12.2 Å². The molecule has 1 aliphatic rings. The number of nitriles is 1. The summed E-state index contributed by atoms with van der Waals surface area (Å²) in [6.45, 7) is 7.71. The van der Waals surface area contributed by atoms with Gasteiger partial charge in [-0.15, -0.1) is 0 Å². The highest BCUT2D eigenvalue weighted by atomic mass is 16.5. The van der Waals surface area contributed by atoms with Crippen LogP contribution in [0.15, 0.2) is 4.99 Å². The summed E-state index contributed by atoms with van der Waals surface area (Å²) in [6.07, 6.45) is 4.75. The molecule has 5 heteroatoms. The van der Waals surface area contributed by atoms with E-state index in [9.17, 15) is 4.79 Å². The van der Waals surface area contributed by atoms with Gasteiger partial charge in [-0.05, 0) is 13.3 Å². The number of nitrogens with one attached hydrogen (secondary N) is 1. The van der Waals surface area contributed by atoms with Crippen LogP contribution >= 0.6 is 0 Å². The average Bonchev–Trinajstić information content (AvgIpc) is 2.42. The number of nitrogens with zero attached hydrogens (tertiary/aromatic N) is 2. The van der Waals surface area contributed by atoms with Crippen LogP contribution in [0.25, 0.3) is 0 Å². The van der Waals surface area contributed by atoms with E-state index in [2.05, 4.69) is 11.9 Å². The van der Waals surface area contributed by atoms with Crippen LogP contribution in [0, 0.1) is 17.2 Å². The molecule has 0 spiro atoms. The summed E-state index contributed by atoms with van der Waals surface area (Å²) in [7, 11) is 0. The summed E-state index contributed by atoms with van der Waals surface area (Å²) in [4.78, 5) is 17.5. The molecule has 1 saturated heterocycles. The van der Waals surface area contributed by atoms with Gasteiger partial charge >= 0.3 is 5.97 Å². The first kappa shape index (κ1) is 15.6. The highest BCUT2D eigenvalue weighted by Gasteiger charge is 2.22. The van der Waals surface area contributed by atoms with Gasteiger partial charge < -0.3 is 9.64 Å². The number of piperidine rings is 1. The first-order valence-corrected chi connectivity index (χ1v) is 7.14. The van der Waals surface area contributed by atoms with Crippen molar-refractivity contribution in [3.05, 3.63) is 0 Å². The number of hydrogen-bond acceptors (Lipinski definition) is 4. The summed E-state index contributed by atoms with van der Waals surface area (Å²) in [5.41, 5.74) is 0. The number of carbonyl (C=O) groups excluding carboxylic acids is 1. The van der Waals surface area contributed by atoms with Crippen LogP contribution < -0.4 is 4.90 Å². The highest BCUT2D eigenvalue weighted by molar-refractivity contribution is 5.92. The normalized spacial score (nSPS) is 24.9. The second kappa shape index (κ2) is 8.65. The van der Waals surface area contributed by atoms with Crippen molar-refractivity contribution in [3.63, 3.8) is 0 Å². The Morgan fingerprint density at radius 2 is 2.21 bits per heavy atom. The first-order valence-electron chi connectivity index (χ1n) is 7.14. The predicted octanol–water partition coefficient (Wildman–Crippen LogP) is 0.217. The van der Waals surface area contributed by atoms with Gasteiger partial charge in [0.25, 0.3) is 0 Å². The molecule has 0 aliphatic carbocycles. The van der Waals surface area contributed by atoms with Gasteiger partial charge in [0.2, 0.25) is 0 Å². The molecule has 1 heterocycles. The smallest absolute Gasteiger partial charge is 0.328 e. The zero-order chi connectivity index (χ0) is 14.1. The molecule has 0 radical (unpaired) electrons. The fourth-order valence-electron chi connectivity index (χ4n) is 2.35. The maximum Gasteiger partial charge on any atom is 0.328 e. The van der Waals surface area contributed by atoms with Gasteiger partial charge in [0.1, 0.15) is 0 Å². The lowest BCUT2D eigenvalue weighted by atomic mass is 10.1. The Morgan fingerprint density at radius 3 is 2.74 bits per heavy atom. The number of esters is 1. The molecule has 1 aliphatic heterocycles. The van der Waals surface area contributed by atoms with E-state index in [0.717, 1.165) is 25.9 Å². The van der Waals surface area contributed by atoms with E-state index in [1.54, 1.807) is 11.8 Å². The third-order valence-electron chi connectivity index (χ3n) is 3.39. The quantitative estimate of drug-likeness (QED) is 0.552. The van der Waals surface area contributed by atoms with Crippen molar-refractivity contribution in [2.45, 2.75) is 39.2 Å². The van der Waals surface area contributed by atoms with E-state index in [4.69, 9.17) is 10.00 Å². The van der Waals surface area contributed by atoms with Gasteiger partial charge in [0.05, 0.1) is 38.4 Å². The van der Waals surface area contributed by atoms with Crippen LogP contribution in [-0.2, 0) is 9.53 Å². The molecule has 1 N–H and O–H groups in total. The van der Waals surface area contributed by atoms with Crippen LogP contribution in [0.2, 0.25) is 0 Å². The van der Waals surface area contributed by atoms with E-state index in [-0.39, 0.29) is 6.04 Å². The average molecular weight is 266 g/mol. The lowest BCUT2D eigenvalue weighted by Gasteiger charge is -2.27. The zero-order valence-electron chi connectivity index (χ0n) is 11.9. The number of hydrogen-bond donors (Lipinski definition) is 1. The topological polar surface area (TPSA) is 66.9 Å². The maximum absolute atomic E-state index is 11.4. The molecule has 106 valence electrons. The maximum atomic E-state index is 11.4.